The van der Waals surface area contributed by atoms with Gasteiger partial charge in [0.1, 0.15) is 11.0 Å². The van der Waals surface area contributed by atoms with Gasteiger partial charge in [0.25, 0.3) is 0 Å². The SMILES string of the molecule is Cc1nc(CC(C)N)c2cccc(Cl)n12. The van der Waals surface area contributed by atoms with E-state index >= 15 is 0 Å². The summed E-state index contributed by atoms with van der Waals surface area (Å²) in [5.41, 5.74) is 7.85. The summed E-state index contributed by atoms with van der Waals surface area (Å²) < 4.78 is 1.94. The number of nitrogens with zero attached hydrogens (tertiary/aromatic N) is 2. The second kappa shape index (κ2) is 3.83. The normalized spacial score (nSPS) is 13.3. The van der Waals surface area contributed by atoms with Crippen LogP contribution in [0.5, 0.6) is 0 Å². The quantitative estimate of drug-likeness (QED) is 0.794. The Morgan fingerprint density at radius 3 is 2.93 bits per heavy atom. The summed E-state index contributed by atoms with van der Waals surface area (Å²) in [4.78, 5) is 4.49. The number of rotatable bonds is 2. The summed E-state index contributed by atoms with van der Waals surface area (Å²) in [6, 6.07) is 5.92. The van der Waals surface area contributed by atoms with E-state index in [0.717, 1.165) is 23.5 Å². The Balaban J connectivity index is 2.63. The van der Waals surface area contributed by atoms with E-state index in [-0.39, 0.29) is 6.04 Å². The van der Waals surface area contributed by atoms with Crippen molar-refractivity contribution in [2.45, 2.75) is 26.3 Å². The molecule has 1 atom stereocenters. The van der Waals surface area contributed by atoms with Crippen LogP contribution < -0.4 is 5.73 Å². The van der Waals surface area contributed by atoms with Gasteiger partial charge in [-0.1, -0.05) is 17.7 Å². The molecule has 0 saturated heterocycles. The van der Waals surface area contributed by atoms with Crippen molar-refractivity contribution in [3.8, 4) is 0 Å². The van der Waals surface area contributed by atoms with Gasteiger partial charge >= 0.3 is 0 Å². The second-order valence-corrected chi connectivity index (χ2v) is 4.24. The minimum atomic E-state index is 0.113. The summed E-state index contributed by atoms with van der Waals surface area (Å²) in [6.07, 6.45) is 0.775. The molecule has 0 aliphatic rings. The Morgan fingerprint density at radius 1 is 1.53 bits per heavy atom. The highest BCUT2D eigenvalue weighted by Crippen LogP contribution is 2.19. The van der Waals surface area contributed by atoms with Crippen LogP contribution in [0.25, 0.3) is 5.52 Å². The van der Waals surface area contributed by atoms with Gasteiger partial charge in [-0.05, 0) is 26.0 Å². The van der Waals surface area contributed by atoms with Crippen LogP contribution in [0.15, 0.2) is 18.2 Å². The number of hydrogen-bond donors (Lipinski definition) is 1. The van der Waals surface area contributed by atoms with Crippen molar-refractivity contribution >= 4 is 17.1 Å². The molecular formula is C11H14ClN3. The van der Waals surface area contributed by atoms with Crippen molar-refractivity contribution in [2.24, 2.45) is 5.73 Å². The molecule has 2 rings (SSSR count). The lowest BCUT2D eigenvalue weighted by Crippen LogP contribution is -2.18. The Morgan fingerprint density at radius 2 is 2.27 bits per heavy atom. The molecule has 0 bridgehead atoms. The van der Waals surface area contributed by atoms with E-state index in [1.165, 1.54) is 0 Å². The lowest BCUT2D eigenvalue weighted by molar-refractivity contribution is 0.728. The summed E-state index contributed by atoms with van der Waals surface area (Å²) >= 11 is 6.10. The molecule has 0 aliphatic heterocycles. The van der Waals surface area contributed by atoms with Crippen LogP contribution in [-0.4, -0.2) is 15.4 Å². The fourth-order valence-corrected chi connectivity index (χ4v) is 2.08. The van der Waals surface area contributed by atoms with E-state index in [2.05, 4.69) is 4.98 Å². The van der Waals surface area contributed by atoms with Crippen LogP contribution in [0.2, 0.25) is 5.15 Å². The van der Waals surface area contributed by atoms with Crippen LogP contribution in [0, 0.1) is 6.92 Å². The first-order valence-corrected chi connectivity index (χ1v) is 5.35. The maximum absolute atomic E-state index is 6.10. The molecule has 1 unspecified atom stereocenters. The highest BCUT2D eigenvalue weighted by atomic mass is 35.5. The van der Waals surface area contributed by atoms with E-state index in [4.69, 9.17) is 17.3 Å². The van der Waals surface area contributed by atoms with E-state index in [1.807, 2.05) is 36.4 Å². The first-order valence-electron chi connectivity index (χ1n) is 4.97. The molecule has 2 aromatic heterocycles. The first-order chi connectivity index (χ1) is 7.09. The van der Waals surface area contributed by atoms with Crippen molar-refractivity contribution in [1.82, 2.24) is 9.38 Å². The molecule has 80 valence electrons. The number of nitrogens with two attached hydrogens (primary N) is 1. The standard InChI is InChI=1S/C11H14ClN3/c1-7(13)6-9-10-4-3-5-11(12)15(10)8(2)14-9/h3-5,7H,6,13H2,1-2H3. The third-order valence-corrected chi connectivity index (χ3v) is 2.67. The average molecular weight is 224 g/mol. The molecule has 0 spiro atoms. The zero-order chi connectivity index (χ0) is 11.0. The molecular weight excluding hydrogens is 210 g/mol. The largest absolute Gasteiger partial charge is 0.328 e. The van der Waals surface area contributed by atoms with Gasteiger partial charge in [-0.3, -0.25) is 4.40 Å². The van der Waals surface area contributed by atoms with Gasteiger partial charge in [0.15, 0.2) is 0 Å². The monoisotopic (exact) mass is 223 g/mol. The van der Waals surface area contributed by atoms with Crippen molar-refractivity contribution in [3.63, 3.8) is 0 Å². The maximum Gasteiger partial charge on any atom is 0.114 e. The summed E-state index contributed by atoms with van der Waals surface area (Å²) in [7, 11) is 0. The smallest absolute Gasteiger partial charge is 0.114 e. The van der Waals surface area contributed by atoms with E-state index in [1.54, 1.807) is 0 Å². The van der Waals surface area contributed by atoms with Crippen LogP contribution in [0.4, 0.5) is 0 Å². The molecule has 0 aliphatic carbocycles. The predicted octanol–water partition coefficient (Wildman–Crippen LogP) is 2.19. The Kier molecular flexibility index (Phi) is 2.67. The molecule has 0 fully saturated rings. The minimum absolute atomic E-state index is 0.113. The van der Waals surface area contributed by atoms with Crippen LogP contribution in [0.1, 0.15) is 18.4 Å². The second-order valence-electron chi connectivity index (χ2n) is 3.86. The van der Waals surface area contributed by atoms with Gasteiger partial charge in [0, 0.05) is 12.5 Å². The molecule has 3 nitrogen and oxygen atoms in total. The highest BCUT2D eigenvalue weighted by Gasteiger charge is 2.11. The van der Waals surface area contributed by atoms with E-state index < -0.39 is 0 Å². The topological polar surface area (TPSA) is 43.3 Å². The predicted molar refractivity (Wildman–Crippen MR) is 62.3 cm³/mol. The highest BCUT2D eigenvalue weighted by molar-refractivity contribution is 6.29. The zero-order valence-electron chi connectivity index (χ0n) is 8.87. The lowest BCUT2D eigenvalue weighted by Gasteiger charge is -2.02. The van der Waals surface area contributed by atoms with Crippen molar-refractivity contribution < 1.29 is 0 Å². The number of pyridine rings is 1. The number of aryl methyl sites for hydroxylation is 1. The molecule has 15 heavy (non-hydrogen) atoms. The molecule has 0 saturated carbocycles. The summed E-state index contributed by atoms with van der Waals surface area (Å²) in [5, 5.41) is 0.688. The van der Waals surface area contributed by atoms with Crippen LogP contribution in [-0.2, 0) is 6.42 Å². The third kappa shape index (κ3) is 1.85. The maximum atomic E-state index is 6.10. The Hall–Kier alpha value is -1.06. The molecule has 0 aromatic carbocycles. The number of aromatic nitrogens is 2. The van der Waals surface area contributed by atoms with Crippen molar-refractivity contribution in [3.05, 3.63) is 34.9 Å². The number of imidazole rings is 1. The van der Waals surface area contributed by atoms with Gasteiger partial charge < -0.3 is 5.73 Å². The van der Waals surface area contributed by atoms with E-state index in [9.17, 15) is 0 Å². The van der Waals surface area contributed by atoms with Gasteiger partial charge in [-0.2, -0.15) is 0 Å². The molecule has 2 aromatic rings. The summed E-state index contributed by atoms with van der Waals surface area (Å²) in [6.45, 7) is 3.93. The summed E-state index contributed by atoms with van der Waals surface area (Å²) in [5.74, 6) is 0.909. The Bertz CT molecular complexity index is 488. The molecule has 2 heterocycles. The zero-order valence-corrected chi connectivity index (χ0v) is 9.62. The fourth-order valence-electron chi connectivity index (χ4n) is 1.79. The number of halogens is 1. The fraction of sp³-hybridized carbons (Fsp3) is 0.364. The van der Waals surface area contributed by atoms with Crippen molar-refractivity contribution in [2.75, 3.05) is 0 Å². The van der Waals surface area contributed by atoms with Crippen LogP contribution >= 0.6 is 11.6 Å². The molecule has 0 amide bonds. The van der Waals surface area contributed by atoms with Gasteiger partial charge in [0.05, 0.1) is 11.2 Å². The minimum Gasteiger partial charge on any atom is -0.328 e. The Labute approximate surface area is 93.9 Å². The van der Waals surface area contributed by atoms with Crippen LogP contribution in [0.3, 0.4) is 0 Å². The van der Waals surface area contributed by atoms with Crippen molar-refractivity contribution in [1.29, 1.82) is 0 Å². The molecule has 4 heteroatoms. The number of fused-ring (bicyclic) bond motifs is 1. The van der Waals surface area contributed by atoms with Gasteiger partial charge in [-0.15, -0.1) is 0 Å². The lowest BCUT2D eigenvalue weighted by atomic mass is 10.2. The molecule has 2 N–H and O–H groups in total. The van der Waals surface area contributed by atoms with Gasteiger partial charge in [0.2, 0.25) is 0 Å². The average Bonchev–Trinajstić information content (AvgIpc) is 2.44. The molecule has 0 radical (unpaired) electrons. The van der Waals surface area contributed by atoms with E-state index in [0.29, 0.717) is 5.15 Å². The number of hydrogen-bond acceptors (Lipinski definition) is 2. The van der Waals surface area contributed by atoms with Gasteiger partial charge in [-0.25, -0.2) is 4.98 Å². The first kappa shape index (κ1) is 10.5. The third-order valence-electron chi connectivity index (χ3n) is 2.37.